The molecule has 114 valence electrons. The van der Waals surface area contributed by atoms with E-state index in [-0.39, 0.29) is 24.5 Å². The summed E-state index contributed by atoms with van der Waals surface area (Å²) in [6, 6.07) is -0.336. The number of ether oxygens (including phenoxy) is 2. The summed E-state index contributed by atoms with van der Waals surface area (Å²) in [5, 5.41) is 8.88. The molecule has 0 unspecified atom stereocenters. The van der Waals surface area contributed by atoms with Crippen molar-refractivity contribution in [1.82, 2.24) is 4.90 Å². The van der Waals surface area contributed by atoms with Crippen LogP contribution >= 0.6 is 0 Å². The van der Waals surface area contributed by atoms with Gasteiger partial charge in [0.1, 0.15) is 0 Å². The van der Waals surface area contributed by atoms with Crippen molar-refractivity contribution in [3.05, 3.63) is 0 Å². The van der Waals surface area contributed by atoms with Crippen LogP contribution in [0.3, 0.4) is 0 Å². The molecule has 0 saturated carbocycles. The van der Waals surface area contributed by atoms with E-state index in [2.05, 4.69) is 0 Å². The van der Waals surface area contributed by atoms with Crippen molar-refractivity contribution in [2.45, 2.75) is 57.3 Å². The van der Waals surface area contributed by atoms with Gasteiger partial charge in [-0.25, -0.2) is 0 Å². The summed E-state index contributed by atoms with van der Waals surface area (Å²) < 4.78 is 11.0. The van der Waals surface area contributed by atoms with Gasteiger partial charge in [0.15, 0.2) is 0 Å². The summed E-state index contributed by atoms with van der Waals surface area (Å²) in [4.78, 5) is 24.7. The second kappa shape index (κ2) is 7.04. The van der Waals surface area contributed by atoms with Crippen LogP contribution in [0.5, 0.6) is 0 Å². The number of carboxylic acids is 1. The van der Waals surface area contributed by atoms with E-state index in [1.165, 1.54) is 0 Å². The fourth-order valence-electron chi connectivity index (χ4n) is 2.88. The zero-order chi connectivity index (χ0) is 14.5. The predicted molar refractivity (Wildman–Crippen MR) is 71.4 cm³/mol. The van der Waals surface area contributed by atoms with Crippen molar-refractivity contribution in [3.8, 4) is 0 Å². The number of hydrogen-bond donors (Lipinski definition) is 1. The van der Waals surface area contributed by atoms with E-state index >= 15 is 0 Å². The third-order valence-corrected chi connectivity index (χ3v) is 3.96. The van der Waals surface area contributed by atoms with Crippen LogP contribution in [-0.4, -0.2) is 59.9 Å². The largest absolute Gasteiger partial charge is 0.481 e. The van der Waals surface area contributed by atoms with Crippen molar-refractivity contribution in [2.24, 2.45) is 0 Å². The van der Waals surface area contributed by atoms with E-state index in [0.717, 1.165) is 19.3 Å². The maximum atomic E-state index is 12.3. The van der Waals surface area contributed by atoms with Gasteiger partial charge < -0.3 is 19.5 Å². The van der Waals surface area contributed by atoms with Crippen LogP contribution in [0.2, 0.25) is 0 Å². The first-order valence-electron chi connectivity index (χ1n) is 7.30. The number of nitrogens with zero attached hydrogens (tertiary/aromatic N) is 1. The Kier molecular flexibility index (Phi) is 5.37. The number of hydrogen-bond acceptors (Lipinski definition) is 4. The van der Waals surface area contributed by atoms with Crippen LogP contribution < -0.4 is 0 Å². The molecular formula is C14H23NO5. The van der Waals surface area contributed by atoms with Crippen molar-refractivity contribution in [1.29, 1.82) is 0 Å². The highest BCUT2D eigenvalue weighted by atomic mass is 16.5. The first kappa shape index (κ1) is 15.3. The summed E-state index contributed by atoms with van der Waals surface area (Å²) in [5.74, 6) is -0.881. The summed E-state index contributed by atoms with van der Waals surface area (Å²) >= 11 is 0. The van der Waals surface area contributed by atoms with Crippen LogP contribution in [0.1, 0.15) is 39.0 Å². The van der Waals surface area contributed by atoms with E-state index in [4.69, 9.17) is 14.6 Å². The Bertz CT molecular complexity index is 359. The molecule has 0 bridgehead atoms. The smallest absolute Gasteiger partial charge is 0.305 e. The van der Waals surface area contributed by atoms with Crippen LogP contribution in [-0.2, 0) is 19.1 Å². The second-order valence-electron chi connectivity index (χ2n) is 5.60. The Morgan fingerprint density at radius 1 is 1.35 bits per heavy atom. The minimum absolute atomic E-state index is 0.0164. The van der Waals surface area contributed by atoms with E-state index in [1.54, 1.807) is 4.90 Å². The Labute approximate surface area is 119 Å². The van der Waals surface area contributed by atoms with Gasteiger partial charge in [0.25, 0.3) is 0 Å². The molecule has 0 radical (unpaired) electrons. The first-order chi connectivity index (χ1) is 9.56. The zero-order valence-electron chi connectivity index (χ0n) is 11.9. The highest BCUT2D eigenvalue weighted by Gasteiger charge is 2.30. The highest BCUT2D eigenvalue weighted by molar-refractivity contribution is 5.77. The lowest BCUT2D eigenvalue weighted by molar-refractivity contribution is -0.146. The van der Waals surface area contributed by atoms with E-state index in [9.17, 15) is 9.59 Å². The van der Waals surface area contributed by atoms with Gasteiger partial charge in [0.2, 0.25) is 5.91 Å². The van der Waals surface area contributed by atoms with Crippen molar-refractivity contribution >= 4 is 11.9 Å². The average molecular weight is 285 g/mol. The molecule has 0 spiro atoms. The molecule has 2 aliphatic heterocycles. The number of amides is 1. The molecule has 2 fully saturated rings. The van der Waals surface area contributed by atoms with Gasteiger partial charge >= 0.3 is 5.97 Å². The van der Waals surface area contributed by atoms with Gasteiger partial charge in [0, 0.05) is 13.0 Å². The number of aliphatic carboxylic acids is 1. The highest BCUT2D eigenvalue weighted by Crippen LogP contribution is 2.23. The number of morpholine rings is 1. The standard InChI is InChI=1S/C14H23NO5/c1-10-2-3-12(20-10)4-5-13(16)15-6-7-19-9-11(15)8-14(17)18/h10-12H,2-9H2,1H3,(H,17,18)/t10-,11-,12-/m1/s1. The van der Waals surface area contributed by atoms with E-state index in [1.807, 2.05) is 6.92 Å². The van der Waals surface area contributed by atoms with Gasteiger partial charge in [-0.05, 0) is 26.2 Å². The maximum absolute atomic E-state index is 12.3. The molecule has 2 rings (SSSR count). The summed E-state index contributed by atoms with van der Waals surface area (Å²) in [5.41, 5.74) is 0. The van der Waals surface area contributed by atoms with Crippen molar-refractivity contribution in [3.63, 3.8) is 0 Å². The quantitative estimate of drug-likeness (QED) is 0.816. The van der Waals surface area contributed by atoms with Crippen molar-refractivity contribution < 1.29 is 24.2 Å². The Balaban J connectivity index is 1.81. The molecule has 0 aromatic rings. The number of carboxylic acid groups (broad SMARTS) is 1. The summed E-state index contributed by atoms with van der Waals surface area (Å²) in [7, 11) is 0. The Morgan fingerprint density at radius 3 is 2.80 bits per heavy atom. The number of carbonyl (C=O) groups is 2. The fourth-order valence-corrected chi connectivity index (χ4v) is 2.88. The molecule has 2 aliphatic rings. The zero-order valence-corrected chi connectivity index (χ0v) is 11.9. The first-order valence-corrected chi connectivity index (χ1v) is 7.30. The molecule has 0 aliphatic carbocycles. The summed E-state index contributed by atoms with van der Waals surface area (Å²) in [6.07, 6.45) is 3.62. The summed E-state index contributed by atoms with van der Waals surface area (Å²) in [6.45, 7) is 3.33. The average Bonchev–Trinajstić information content (AvgIpc) is 2.82. The third-order valence-electron chi connectivity index (χ3n) is 3.96. The number of carbonyl (C=O) groups excluding carboxylic acids is 1. The van der Waals surface area contributed by atoms with Crippen LogP contribution in [0, 0.1) is 0 Å². The van der Waals surface area contributed by atoms with Crippen LogP contribution in [0.15, 0.2) is 0 Å². The molecule has 2 heterocycles. The molecule has 3 atom stereocenters. The molecule has 0 aromatic heterocycles. The predicted octanol–water partition coefficient (Wildman–Crippen LogP) is 1.04. The van der Waals surface area contributed by atoms with Gasteiger partial charge in [-0.2, -0.15) is 0 Å². The lowest BCUT2D eigenvalue weighted by atomic mass is 10.1. The lowest BCUT2D eigenvalue weighted by Crippen LogP contribution is -2.49. The van der Waals surface area contributed by atoms with Gasteiger partial charge in [-0.3, -0.25) is 9.59 Å². The van der Waals surface area contributed by atoms with Gasteiger partial charge in [-0.15, -0.1) is 0 Å². The number of rotatable bonds is 5. The monoisotopic (exact) mass is 285 g/mol. The Morgan fingerprint density at radius 2 is 2.15 bits per heavy atom. The minimum atomic E-state index is -0.897. The minimum Gasteiger partial charge on any atom is -0.481 e. The van der Waals surface area contributed by atoms with Crippen LogP contribution in [0.25, 0.3) is 0 Å². The molecule has 0 aromatic carbocycles. The Hall–Kier alpha value is -1.14. The second-order valence-corrected chi connectivity index (χ2v) is 5.60. The third kappa shape index (κ3) is 4.18. The molecule has 1 amide bonds. The topological polar surface area (TPSA) is 76.1 Å². The molecule has 20 heavy (non-hydrogen) atoms. The van der Waals surface area contributed by atoms with Gasteiger partial charge in [0.05, 0.1) is 37.9 Å². The van der Waals surface area contributed by atoms with Crippen molar-refractivity contribution in [2.75, 3.05) is 19.8 Å². The lowest BCUT2D eigenvalue weighted by Gasteiger charge is -2.35. The maximum Gasteiger partial charge on any atom is 0.305 e. The van der Waals surface area contributed by atoms with Crippen LogP contribution in [0.4, 0.5) is 0 Å². The molecular weight excluding hydrogens is 262 g/mol. The SMILES string of the molecule is C[C@@H]1CC[C@H](CCC(=O)N2CCOC[C@H]2CC(=O)O)O1. The molecule has 6 nitrogen and oxygen atoms in total. The normalized spacial score (nSPS) is 30.4. The molecule has 2 saturated heterocycles. The molecule has 6 heteroatoms. The van der Waals surface area contributed by atoms with Gasteiger partial charge in [-0.1, -0.05) is 0 Å². The van der Waals surface area contributed by atoms with E-state index in [0.29, 0.717) is 32.3 Å². The van der Waals surface area contributed by atoms with E-state index < -0.39 is 5.97 Å². The fraction of sp³-hybridized carbons (Fsp3) is 0.857. The molecule has 1 N–H and O–H groups in total.